The Labute approximate surface area is 154 Å². The monoisotopic (exact) mass is 358 g/mol. The van der Waals surface area contributed by atoms with Crippen molar-refractivity contribution in [2.45, 2.75) is 0 Å². The van der Waals surface area contributed by atoms with Crippen molar-refractivity contribution in [1.82, 2.24) is 0 Å². The van der Waals surface area contributed by atoms with Crippen LogP contribution in [0.4, 0.5) is 0 Å². The van der Waals surface area contributed by atoms with Crippen LogP contribution in [0.1, 0.15) is 21.7 Å². The average molecular weight is 358 g/mol. The van der Waals surface area contributed by atoms with E-state index in [1.807, 2.05) is 30.3 Å². The molecule has 27 heavy (non-hydrogen) atoms. The zero-order valence-corrected chi connectivity index (χ0v) is 14.1. The number of hydrogen-bond donors (Lipinski definition) is 1. The Morgan fingerprint density at radius 2 is 1.67 bits per heavy atom. The molecule has 1 aliphatic rings. The molecule has 6 nitrogen and oxygen atoms in total. The van der Waals surface area contributed by atoms with E-state index in [-0.39, 0.29) is 0 Å². The van der Waals surface area contributed by atoms with E-state index in [4.69, 9.17) is 15.0 Å². The van der Waals surface area contributed by atoms with Crippen molar-refractivity contribution in [3.8, 4) is 11.3 Å². The molecule has 2 aromatic carbocycles. The lowest BCUT2D eigenvalue weighted by Crippen LogP contribution is -2.10. The van der Waals surface area contributed by atoms with E-state index in [9.17, 15) is 9.59 Å². The number of rotatable bonds is 4. The fourth-order valence-corrected chi connectivity index (χ4v) is 2.74. The Morgan fingerprint density at radius 1 is 0.926 bits per heavy atom. The summed E-state index contributed by atoms with van der Waals surface area (Å²) < 4.78 is 5.81. The van der Waals surface area contributed by atoms with Gasteiger partial charge in [0.15, 0.2) is 0 Å². The first-order valence-corrected chi connectivity index (χ1v) is 8.19. The maximum atomic E-state index is 12.0. The van der Waals surface area contributed by atoms with Gasteiger partial charge in [-0.1, -0.05) is 47.6 Å². The molecule has 0 atom stereocenters. The quantitative estimate of drug-likeness (QED) is 0.571. The van der Waals surface area contributed by atoms with Gasteiger partial charge in [0.25, 0.3) is 0 Å². The Kier molecular flexibility index (Phi) is 4.14. The molecule has 1 aromatic heterocycles. The van der Waals surface area contributed by atoms with E-state index in [2.05, 4.69) is 5.16 Å². The summed E-state index contributed by atoms with van der Waals surface area (Å²) in [6.45, 7) is 0. The van der Waals surface area contributed by atoms with Gasteiger partial charge in [-0.2, -0.15) is 0 Å². The van der Waals surface area contributed by atoms with Crippen LogP contribution in [-0.2, 0) is 9.63 Å². The SMILES string of the molecule is NC(=O)c1ccc(-c2ccc(/C=C3\C(=O)ON=C3c3ccccc3)o2)cc1. The number of benzene rings is 2. The van der Waals surface area contributed by atoms with Crippen LogP contribution in [0, 0.1) is 0 Å². The van der Waals surface area contributed by atoms with Gasteiger partial charge >= 0.3 is 5.97 Å². The highest BCUT2D eigenvalue weighted by molar-refractivity contribution is 6.31. The summed E-state index contributed by atoms with van der Waals surface area (Å²) in [4.78, 5) is 28.0. The molecule has 0 radical (unpaired) electrons. The molecular formula is C21H14N2O4. The summed E-state index contributed by atoms with van der Waals surface area (Å²) >= 11 is 0. The van der Waals surface area contributed by atoms with Gasteiger partial charge in [0.2, 0.25) is 5.91 Å². The second-order valence-corrected chi connectivity index (χ2v) is 5.89. The molecule has 0 spiro atoms. The third-order valence-electron chi connectivity index (χ3n) is 4.11. The Bertz CT molecular complexity index is 1080. The first-order valence-electron chi connectivity index (χ1n) is 8.19. The van der Waals surface area contributed by atoms with Gasteiger partial charge in [0.1, 0.15) is 17.2 Å². The van der Waals surface area contributed by atoms with E-state index in [1.165, 1.54) is 0 Å². The van der Waals surface area contributed by atoms with Gasteiger partial charge in [-0.05, 0) is 30.3 Å². The third kappa shape index (κ3) is 3.28. The summed E-state index contributed by atoms with van der Waals surface area (Å²) in [7, 11) is 0. The number of amides is 1. The van der Waals surface area contributed by atoms with Gasteiger partial charge < -0.3 is 15.0 Å². The molecule has 6 heteroatoms. The van der Waals surface area contributed by atoms with Crippen LogP contribution < -0.4 is 5.73 Å². The van der Waals surface area contributed by atoms with Crippen LogP contribution in [0.5, 0.6) is 0 Å². The molecule has 0 unspecified atom stereocenters. The molecular weight excluding hydrogens is 344 g/mol. The van der Waals surface area contributed by atoms with Crippen molar-refractivity contribution in [2.75, 3.05) is 0 Å². The Morgan fingerprint density at radius 3 is 2.37 bits per heavy atom. The highest BCUT2D eigenvalue weighted by Gasteiger charge is 2.27. The van der Waals surface area contributed by atoms with Crippen molar-refractivity contribution in [3.63, 3.8) is 0 Å². The molecule has 0 saturated carbocycles. The highest BCUT2D eigenvalue weighted by Crippen LogP contribution is 2.26. The lowest BCUT2D eigenvalue weighted by Gasteiger charge is -2.00. The topological polar surface area (TPSA) is 94.9 Å². The van der Waals surface area contributed by atoms with Crippen molar-refractivity contribution < 1.29 is 18.8 Å². The number of hydrogen-bond acceptors (Lipinski definition) is 5. The molecule has 2 N–H and O–H groups in total. The number of carbonyl (C=O) groups is 2. The largest absolute Gasteiger partial charge is 0.457 e. The van der Waals surface area contributed by atoms with Gasteiger partial charge in [0.05, 0.1) is 5.57 Å². The summed E-state index contributed by atoms with van der Waals surface area (Å²) in [6.07, 6.45) is 1.60. The number of oxime groups is 1. The lowest BCUT2D eigenvalue weighted by atomic mass is 10.0. The van der Waals surface area contributed by atoms with Crippen molar-refractivity contribution in [1.29, 1.82) is 0 Å². The minimum absolute atomic E-state index is 0.325. The molecule has 4 rings (SSSR count). The molecule has 0 fully saturated rings. The molecule has 0 aliphatic carbocycles. The first kappa shape index (κ1) is 16.5. The predicted octanol–water partition coefficient (Wildman–Crippen LogP) is 3.39. The van der Waals surface area contributed by atoms with E-state index < -0.39 is 11.9 Å². The smallest absolute Gasteiger partial charge is 0.368 e. The van der Waals surface area contributed by atoms with E-state index in [0.717, 1.165) is 11.1 Å². The first-order chi connectivity index (χ1) is 13.1. The van der Waals surface area contributed by atoms with Crippen molar-refractivity contribution in [2.24, 2.45) is 10.9 Å². The zero-order chi connectivity index (χ0) is 18.8. The highest BCUT2D eigenvalue weighted by atomic mass is 16.7. The fraction of sp³-hybridized carbons (Fsp3) is 0. The van der Waals surface area contributed by atoms with Crippen molar-refractivity contribution in [3.05, 3.63) is 89.2 Å². The molecule has 1 aliphatic heterocycles. The summed E-state index contributed by atoms with van der Waals surface area (Å²) in [5.74, 6) is 0.0698. The summed E-state index contributed by atoms with van der Waals surface area (Å²) in [6, 6.07) is 19.6. The number of nitrogens with two attached hydrogens (primary N) is 1. The second-order valence-electron chi connectivity index (χ2n) is 5.89. The normalized spacial score (nSPS) is 14.9. The van der Waals surface area contributed by atoms with Crippen LogP contribution in [0.15, 0.2) is 81.9 Å². The standard InChI is InChI=1S/C21H14N2O4/c22-20(24)15-8-6-13(7-9-15)18-11-10-16(26-18)12-17-19(23-27-21(17)25)14-4-2-1-3-5-14/h1-12H,(H2,22,24)/b17-12-. The molecule has 3 aromatic rings. The molecule has 1 amide bonds. The second kappa shape index (κ2) is 6.76. The van der Waals surface area contributed by atoms with Crippen LogP contribution in [0.2, 0.25) is 0 Å². The van der Waals surface area contributed by atoms with Gasteiger partial charge in [0, 0.05) is 16.7 Å². The molecule has 0 saturated heterocycles. The maximum Gasteiger partial charge on any atom is 0.368 e. The minimum Gasteiger partial charge on any atom is -0.457 e. The lowest BCUT2D eigenvalue weighted by molar-refractivity contribution is -0.136. The summed E-state index contributed by atoms with van der Waals surface area (Å²) in [5, 5.41) is 3.87. The maximum absolute atomic E-state index is 12.0. The zero-order valence-electron chi connectivity index (χ0n) is 14.1. The van der Waals surface area contributed by atoms with E-state index in [0.29, 0.717) is 28.4 Å². The fourth-order valence-electron chi connectivity index (χ4n) is 2.74. The van der Waals surface area contributed by atoms with Crippen LogP contribution in [-0.4, -0.2) is 17.6 Å². The number of nitrogens with zero attached hydrogens (tertiary/aromatic N) is 1. The Hall–Kier alpha value is -3.93. The van der Waals surface area contributed by atoms with E-state index >= 15 is 0 Å². The van der Waals surface area contributed by atoms with Gasteiger partial charge in [-0.25, -0.2) is 4.79 Å². The van der Waals surface area contributed by atoms with Gasteiger partial charge in [-0.3, -0.25) is 4.79 Å². The molecule has 0 bridgehead atoms. The molecule has 132 valence electrons. The number of carbonyl (C=O) groups excluding carboxylic acids is 2. The van der Waals surface area contributed by atoms with Crippen LogP contribution >= 0.6 is 0 Å². The Balaban J connectivity index is 1.64. The van der Waals surface area contributed by atoms with Gasteiger partial charge in [-0.15, -0.1) is 0 Å². The minimum atomic E-state index is -0.530. The summed E-state index contributed by atoms with van der Waals surface area (Å²) in [5.41, 5.74) is 8.02. The van der Waals surface area contributed by atoms with Crippen LogP contribution in [0.3, 0.4) is 0 Å². The van der Waals surface area contributed by atoms with Crippen molar-refractivity contribution >= 4 is 23.7 Å². The third-order valence-corrected chi connectivity index (χ3v) is 4.11. The number of primary amides is 1. The van der Waals surface area contributed by atoms with E-state index in [1.54, 1.807) is 42.5 Å². The molecule has 2 heterocycles. The number of furan rings is 1. The predicted molar refractivity (Wildman–Crippen MR) is 99.7 cm³/mol. The average Bonchev–Trinajstić information content (AvgIpc) is 3.30. The van der Waals surface area contributed by atoms with Crippen LogP contribution in [0.25, 0.3) is 17.4 Å².